The predicted molar refractivity (Wildman–Crippen MR) is 97.1 cm³/mol. The van der Waals surface area contributed by atoms with Gasteiger partial charge in [0.1, 0.15) is 5.82 Å². The van der Waals surface area contributed by atoms with E-state index in [0.717, 1.165) is 77.1 Å². The maximum Gasteiger partial charge on any atom is 0.225 e. The summed E-state index contributed by atoms with van der Waals surface area (Å²) < 4.78 is 14.0. The molecule has 4 rings (SSSR count). The maximum absolute atomic E-state index is 14.0. The molecule has 1 amide bonds. The number of piperidine rings is 1. The fourth-order valence-corrected chi connectivity index (χ4v) is 4.29. The van der Waals surface area contributed by atoms with Crippen LogP contribution >= 0.6 is 0 Å². The van der Waals surface area contributed by atoms with Crippen LogP contribution in [-0.4, -0.2) is 61.0 Å². The van der Waals surface area contributed by atoms with E-state index >= 15 is 0 Å². The molecule has 5 heteroatoms. The number of rotatable bonds is 3. The van der Waals surface area contributed by atoms with Crippen LogP contribution in [0.25, 0.3) is 0 Å². The minimum atomic E-state index is -0.120. The molecule has 3 aliphatic rings. The van der Waals surface area contributed by atoms with E-state index < -0.39 is 0 Å². The van der Waals surface area contributed by atoms with E-state index in [4.69, 9.17) is 0 Å². The van der Waals surface area contributed by atoms with Crippen molar-refractivity contribution in [1.29, 1.82) is 0 Å². The van der Waals surface area contributed by atoms with Gasteiger partial charge in [0.25, 0.3) is 0 Å². The minimum absolute atomic E-state index is 0.120. The Balaban J connectivity index is 1.30. The third kappa shape index (κ3) is 3.81. The maximum atomic E-state index is 14.0. The average Bonchev–Trinajstić information content (AvgIpc) is 3.49. The molecule has 0 bridgehead atoms. The molecule has 0 N–H and O–H groups in total. The highest BCUT2D eigenvalue weighted by Gasteiger charge is 2.35. The van der Waals surface area contributed by atoms with E-state index in [0.29, 0.717) is 17.9 Å². The predicted octanol–water partition coefficient (Wildman–Crippen LogP) is 2.74. The summed E-state index contributed by atoms with van der Waals surface area (Å²) in [5.74, 6) is 0.594. The van der Waals surface area contributed by atoms with Gasteiger partial charge in [-0.15, -0.1) is 0 Å². The Hall–Kier alpha value is -1.62. The van der Waals surface area contributed by atoms with Gasteiger partial charge in [-0.1, -0.05) is 12.1 Å². The monoisotopic (exact) mass is 345 g/mol. The first kappa shape index (κ1) is 16.8. The molecule has 0 spiro atoms. The van der Waals surface area contributed by atoms with Gasteiger partial charge < -0.3 is 9.80 Å². The Kier molecular flexibility index (Phi) is 4.93. The molecule has 3 fully saturated rings. The first-order valence-corrected chi connectivity index (χ1v) is 9.74. The fourth-order valence-electron chi connectivity index (χ4n) is 4.29. The summed E-state index contributed by atoms with van der Waals surface area (Å²) in [5, 5.41) is 0. The molecule has 2 heterocycles. The Labute approximate surface area is 149 Å². The van der Waals surface area contributed by atoms with Crippen molar-refractivity contribution in [2.24, 2.45) is 5.92 Å². The summed E-state index contributed by atoms with van der Waals surface area (Å²) in [6.07, 6.45) is 5.41. The molecule has 0 atom stereocenters. The zero-order valence-electron chi connectivity index (χ0n) is 14.9. The lowest BCUT2D eigenvalue weighted by molar-refractivity contribution is -0.132. The third-order valence-electron chi connectivity index (χ3n) is 5.94. The smallest absolute Gasteiger partial charge is 0.225 e. The van der Waals surface area contributed by atoms with Gasteiger partial charge in [0, 0.05) is 51.2 Å². The number of amides is 1. The van der Waals surface area contributed by atoms with Gasteiger partial charge in [-0.05, 0) is 44.2 Å². The third-order valence-corrected chi connectivity index (χ3v) is 5.94. The lowest BCUT2D eigenvalue weighted by atomic mass is 10.0. The van der Waals surface area contributed by atoms with E-state index in [-0.39, 0.29) is 5.82 Å². The molecule has 1 aromatic carbocycles. The molecule has 1 saturated carbocycles. The number of para-hydroxylation sites is 1. The summed E-state index contributed by atoms with van der Waals surface area (Å²) in [5.41, 5.74) is 0.734. The molecule has 2 saturated heterocycles. The van der Waals surface area contributed by atoms with Crippen LogP contribution in [-0.2, 0) is 4.79 Å². The van der Waals surface area contributed by atoms with Crippen molar-refractivity contribution in [2.45, 2.75) is 38.1 Å². The molecular formula is C20H28FN3O. The van der Waals surface area contributed by atoms with Crippen molar-refractivity contribution in [2.75, 3.05) is 44.2 Å². The van der Waals surface area contributed by atoms with E-state index in [1.807, 2.05) is 12.1 Å². The molecule has 0 aromatic heterocycles. The van der Waals surface area contributed by atoms with Gasteiger partial charge in [-0.2, -0.15) is 0 Å². The van der Waals surface area contributed by atoms with E-state index in [1.165, 1.54) is 0 Å². The van der Waals surface area contributed by atoms with Crippen LogP contribution < -0.4 is 4.90 Å². The van der Waals surface area contributed by atoms with Crippen LogP contribution in [0, 0.1) is 11.7 Å². The van der Waals surface area contributed by atoms with E-state index in [1.54, 1.807) is 12.1 Å². The van der Waals surface area contributed by atoms with Gasteiger partial charge in [0.2, 0.25) is 5.91 Å². The highest BCUT2D eigenvalue weighted by atomic mass is 19.1. The Morgan fingerprint density at radius 2 is 1.68 bits per heavy atom. The van der Waals surface area contributed by atoms with E-state index in [9.17, 15) is 9.18 Å². The Morgan fingerprint density at radius 3 is 2.40 bits per heavy atom. The number of nitrogens with zero attached hydrogens (tertiary/aromatic N) is 3. The quantitative estimate of drug-likeness (QED) is 0.843. The second kappa shape index (κ2) is 7.32. The van der Waals surface area contributed by atoms with Crippen LogP contribution in [0.3, 0.4) is 0 Å². The largest absolute Gasteiger partial charge is 0.369 e. The van der Waals surface area contributed by atoms with Crippen LogP contribution in [0.1, 0.15) is 32.1 Å². The second-order valence-electron chi connectivity index (χ2n) is 7.66. The van der Waals surface area contributed by atoms with Crippen LogP contribution in [0.5, 0.6) is 0 Å². The number of halogens is 1. The van der Waals surface area contributed by atoms with Crippen molar-refractivity contribution in [3.8, 4) is 0 Å². The summed E-state index contributed by atoms with van der Waals surface area (Å²) in [6.45, 7) is 5.68. The van der Waals surface area contributed by atoms with Crippen molar-refractivity contribution in [3.05, 3.63) is 30.1 Å². The fraction of sp³-hybridized carbons (Fsp3) is 0.650. The Morgan fingerprint density at radius 1 is 0.920 bits per heavy atom. The van der Waals surface area contributed by atoms with Crippen LogP contribution in [0.15, 0.2) is 24.3 Å². The average molecular weight is 345 g/mol. The summed E-state index contributed by atoms with van der Waals surface area (Å²) >= 11 is 0. The van der Waals surface area contributed by atoms with Gasteiger partial charge in [-0.25, -0.2) is 4.39 Å². The topological polar surface area (TPSA) is 26.8 Å². The molecule has 136 valence electrons. The van der Waals surface area contributed by atoms with Gasteiger partial charge in [0.05, 0.1) is 5.69 Å². The molecule has 0 radical (unpaired) electrons. The zero-order chi connectivity index (χ0) is 17.2. The van der Waals surface area contributed by atoms with Crippen molar-refractivity contribution in [3.63, 3.8) is 0 Å². The first-order valence-electron chi connectivity index (χ1n) is 9.74. The summed E-state index contributed by atoms with van der Waals surface area (Å²) in [6, 6.07) is 7.64. The van der Waals surface area contributed by atoms with Gasteiger partial charge >= 0.3 is 0 Å². The number of anilines is 1. The van der Waals surface area contributed by atoms with Crippen molar-refractivity contribution in [1.82, 2.24) is 9.80 Å². The number of hydrogen-bond donors (Lipinski definition) is 0. The SMILES string of the molecule is O=C(C1CC1)N1CCCN(C2CCN(c3ccccc3F)CC2)CC1. The van der Waals surface area contributed by atoms with Crippen LogP contribution in [0.2, 0.25) is 0 Å². The molecule has 2 aliphatic heterocycles. The van der Waals surface area contributed by atoms with Crippen molar-refractivity contribution >= 4 is 11.6 Å². The highest BCUT2D eigenvalue weighted by molar-refractivity contribution is 5.81. The lowest BCUT2D eigenvalue weighted by Crippen LogP contribution is -2.46. The number of carbonyl (C=O) groups excluding carboxylic acids is 1. The highest BCUT2D eigenvalue weighted by Crippen LogP contribution is 2.31. The van der Waals surface area contributed by atoms with Gasteiger partial charge in [-0.3, -0.25) is 9.69 Å². The molecular weight excluding hydrogens is 317 g/mol. The number of benzene rings is 1. The second-order valence-corrected chi connectivity index (χ2v) is 7.66. The summed E-state index contributed by atoms with van der Waals surface area (Å²) in [4.78, 5) is 19.1. The molecule has 1 aromatic rings. The molecule has 25 heavy (non-hydrogen) atoms. The lowest BCUT2D eigenvalue weighted by Gasteiger charge is -2.39. The first-order chi connectivity index (χ1) is 12.2. The number of hydrogen-bond acceptors (Lipinski definition) is 3. The zero-order valence-corrected chi connectivity index (χ0v) is 14.9. The normalized spacial score (nSPS) is 23.6. The minimum Gasteiger partial charge on any atom is -0.369 e. The van der Waals surface area contributed by atoms with E-state index in [2.05, 4.69) is 14.7 Å². The van der Waals surface area contributed by atoms with Gasteiger partial charge in [0.15, 0.2) is 0 Å². The van der Waals surface area contributed by atoms with Crippen molar-refractivity contribution < 1.29 is 9.18 Å². The molecule has 0 unspecified atom stereocenters. The Bertz CT molecular complexity index is 611. The standard InChI is InChI=1S/C20H28FN3O/c21-18-4-1-2-5-19(18)23-12-8-17(9-13-23)22-10-3-11-24(15-14-22)20(25)16-6-7-16/h1-2,4-5,16-17H,3,6-15H2. The molecule has 1 aliphatic carbocycles. The van der Waals surface area contributed by atoms with Crippen LogP contribution in [0.4, 0.5) is 10.1 Å². The number of carbonyl (C=O) groups is 1. The molecule has 4 nitrogen and oxygen atoms in total. The summed E-state index contributed by atoms with van der Waals surface area (Å²) in [7, 11) is 0.